The van der Waals surface area contributed by atoms with Crippen LogP contribution in [0.3, 0.4) is 0 Å². The van der Waals surface area contributed by atoms with E-state index in [4.69, 9.17) is 11.6 Å². The molecule has 0 spiro atoms. The van der Waals surface area contributed by atoms with E-state index in [0.29, 0.717) is 21.5 Å². The van der Waals surface area contributed by atoms with Crippen molar-refractivity contribution >= 4 is 32.2 Å². The third-order valence-electron chi connectivity index (χ3n) is 3.47. The summed E-state index contributed by atoms with van der Waals surface area (Å²) in [6.45, 7) is 1.72. The minimum Gasteiger partial charge on any atom is -0.239 e. The van der Waals surface area contributed by atoms with Gasteiger partial charge in [0.1, 0.15) is 0 Å². The number of hydrogen-bond acceptors (Lipinski definition) is 3. The molecule has 0 aliphatic rings. The van der Waals surface area contributed by atoms with Crippen molar-refractivity contribution in [1.82, 2.24) is 4.98 Å². The zero-order chi connectivity index (χ0) is 15.7. The van der Waals surface area contributed by atoms with Crippen molar-refractivity contribution < 1.29 is 8.42 Å². The monoisotopic (exact) mass is 331 g/mol. The fourth-order valence-corrected chi connectivity index (χ4v) is 4.18. The number of aryl methyl sites for hydroxylation is 1. The van der Waals surface area contributed by atoms with Gasteiger partial charge in [0.15, 0.2) is 14.9 Å². The fourth-order valence-electron chi connectivity index (χ4n) is 2.42. The molecule has 5 heteroatoms. The summed E-state index contributed by atoms with van der Waals surface area (Å²) >= 11 is 6.25. The minimum absolute atomic E-state index is 0.0775. The minimum atomic E-state index is -3.55. The van der Waals surface area contributed by atoms with Crippen molar-refractivity contribution in [3.05, 3.63) is 70.9 Å². The normalized spacial score (nSPS) is 11.7. The number of hydrogen-bond donors (Lipinski definition) is 0. The highest BCUT2D eigenvalue weighted by Crippen LogP contribution is 2.31. The molecular formula is C17H14ClNO2S. The maximum atomic E-state index is 12.8. The van der Waals surface area contributed by atoms with E-state index in [1.54, 1.807) is 31.2 Å². The predicted molar refractivity (Wildman–Crippen MR) is 88.8 cm³/mol. The zero-order valence-electron chi connectivity index (χ0n) is 12.0. The number of fused-ring (bicyclic) bond motifs is 1. The lowest BCUT2D eigenvalue weighted by molar-refractivity contribution is 0.592. The number of halogens is 1. The Bertz CT molecular complexity index is 938. The Hall–Kier alpha value is -1.91. The fraction of sp³-hybridized carbons (Fsp3) is 0.118. The van der Waals surface area contributed by atoms with Gasteiger partial charge in [-0.15, -0.1) is 0 Å². The second-order valence-electron chi connectivity index (χ2n) is 5.11. The second-order valence-corrected chi connectivity index (χ2v) is 7.39. The summed E-state index contributed by atoms with van der Waals surface area (Å²) in [5.41, 5.74) is 1.26. The molecule has 0 aliphatic carbocycles. The van der Waals surface area contributed by atoms with Crippen molar-refractivity contribution in [1.29, 1.82) is 0 Å². The SMILES string of the molecule is Cc1nc(S(=O)(=O)Cc2ccccc2)c2ccccc2c1Cl. The molecule has 0 radical (unpaired) electrons. The third kappa shape index (κ3) is 2.72. The molecule has 3 rings (SSSR count). The van der Waals surface area contributed by atoms with Gasteiger partial charge in [-0.05, 0) is 12.5 Å². The highest BCUT2D eigenvalue weighted by molar-refractivity contribution is 7.90. The molecule has 0 unspecified atom stereocenters. The number of rotatable bonds is 3. The number of sulfone groups is 1. The molecule has 1 heterocycles. The Kier molecular flexibility index (Phi) is 3.89. The number of pyridine rings is 1. The first-order chi connectivity index (χ1) is 10.5. The van der Waals surface area contributed by atoms with Gasteiger partial charge in [-0.2, -0.15) is 0 Å². The molecule has 0 saturated carbocycles. The standard InChI is InChI=1S/C17H14ClNO2S/c1-12-16(18)14-9-5-6-10-15(14)17(19-12)22(20,21)11-13-7-3-2-4-8-13/h2-10H,11H2,1H3. The predicted octanol–water partition coefficient (Wildman–Crippen LogP) is 4.17. The largest absolute Gasteiger partial charge is 0.239 e. The molecule has 0 atom stereocenters. The zero-order valence-corrected chi connectivity index (χ0v) is 13.5. The first-order valence-electron chi connectivity index (χ1n) is 6.80. The molecular weight excluding hydrogens is 318 g/mol. The summed E-state index contributed by atoms with van der Waals surface area (Å²) in [7, 11) is -3.55. The van der Waals surface area contributed by atoms with Gasteiger partial charge in [0.05, 0.1) is 16.5 Å². The van der Waals surface area contributed by atoms with Gasteiger partial charge in [0, 0.05) is 10.8 Å². The lowest BCUT2D eigenvalue weighted by Gasteiger charge is -2.10. The van der Waals surface area contributed by atoms with Crippen LogP contribution in [0.2, 0.25) is 5.02 Å². The van der Waals surface area contributed by atoms with E-state index in [0.717, 1.165) is 5.56 Å². The Morgan fingerprint density at radius 1 is 0.955 bits per heavy atom. The van der Waals surface area contributed by atoms with E-state index in [2.05, 4.69) is 4.98 Å². The lowest BCUT2D eigenvalue weighted by Crippen LogP contribution is -2.09. The van der Waals surface area contributed by atoms with Crippen LogP contribution < -0.4 is 0 Å². The van der Waals surface area contributed by atoms with Crippen LogP contribution in [-0.4, -0.2) is 13.4 Å². The molecule has 0 bridgehead atoms. The first-order valence-corrected chi connectivity index (χ1v) is 8.83. The molecule has 3 aromatic rings. The molecule has 22 heavy (non-hydrogen) atoms. The van der Waals surface area contributed by atoms with Crippen LogP contribution in [0.1, 0.15) is 11.3 Å². The van der Waals surface area contributed by atoms with Crippen molar-refractivity contribution in [2.45, 2.75) is 17.7 Å². The van der Waals surface area contributed by atoms with Crippen LogP contribution >= 0.6 is 11.6 Å². The maximum Gasteiger partial charge on any atom is 0.200 e. The highest BCUT2D eigenvalue weighted by atomic mass is 35.5. The molecule has 1 aromatic heterocycles. The van der Waals surface area contributed by atoms with Gasteiger partial charge in [-0.3, -0.25) is 0 Å². The third-order valence-corrected chi connectivity index (χ3v) is 5.57. The summed E-state index contributed by atoms with van der Waals surface area (Å²) in [6, 6.07) is 16.3. The van der Waals surface area contributed by atoms with E-state index < -0.39 is 9.84 Å². The van der Waals surface area contributed by atoms with E-state index in [1.807, 2.05) is 30.3 Å². The molecule has 2 aromatic carbocycles. The number of benzene rings is 2. The van der Waals surface area contributed by atoms with Crippen molar-refractivity contribution in [3.63, 3.8) is 0 Å². The van der Waals surface area contributed by atoms with Gasteiger partial charge in [-0.1, -0.05) is 66.2 Å². The van der Waals surface area contributed by atoms with Crippen LogP contribution in [0.5, 0.6) is 0 Å². The van der Waals surface area contributed by atoms with Crippen LogP contribution in [0.4, 0.5) is 0 Å². The summed E-state index contributed by atoms with van der Waals surface area (Å²) in [4.78, 5) is 4.25. The summed E-state index contributed by atoms with van der Waals surface area (Å²) in [5.74, 6) is -0.0775. The molecule has 0 saturated heterocycles. The van der Waals surface area contributed by atoms with Gasteiger partial charge in [0.2, 0.25) is 0 Å². The molecule has 112 valence electrons. The molecule has 0 N–H and O–H groups in total. The van der Waals surface area contributed by atoms with Gasteiger partial charge in [0.25, 0.3) is 0 Å². The van der Waals surface area contributed by atoms with Gasteiger partial charge < -0.3 is 0 Å². The molecule has 3 nitrogen and oxygen atoms in total. The summed E-state index contributed by atoms with van der Waals surface area (Å²) in [6.07, 6.45) is 0. The van der Waals surface area contributed by atoms with Crippen LogP contribution in [0, 0.1) is 6.92 Å². The quantitative estimate of drug-likeness (QED) is 0.723. The van der Waals surface area contributed by atoms with Crippen LogP contribution in [-0.2, 0) is 15.6 Å². The molecule has 0 fully saturated rings. The van der Waals surface area contributed by atoms with E-state index in [9.17, 15) is 8.42 Å². The average molecular weight is 332 g/mol. The number of nitrogens with zero attached hydrogens (tertiary/aromatic N) is 1. The van der Waals surface area contributed by atoms with E-state index in [-0.39, 0.29) is 10.8 Å². The lowest BCUT2D eigenvalue weighted by atomic mass is 10.1. The van der Waals surface area contributed by atoms with Gasteiger partial charge >= 0.3 is 0 Å². The Labute approximate surface area is 134 Å². The molecule has 0 aliphatic heterocycles. The van der Waals surface area contributed by atoms with Gasteiger partial charge in [-0.25, -0.2) is 13.4 Å². The topological polar surface area (TPSA) is 47.0 Å². The maximum absolute atomic E-state index is 12.8. The number of aromatic nitrogens is 1. The molecule has 0 amide bonds. The average Bonchev–Trinajstić information content (AvgIpc) is 2.51. The highest BCUT2D eigenvalue weighted by Gasteiger charge is 2.22. The smallest absolute Gasteiger partial charge is 0.200 e. The van der Waals surface area contributed by atoms with Crippen LogP contribution in [0.25, 0.3) is 10.8 Å². The summed E-state index contributed by atoms with van der Waals surface area (Å²) < 4.78 is 25.5. The Morgan fingerprint density at radius 3 is 2.23 bits per heavy atom. The Morgan fingerprint density at radius 2 is 1.55 bits per heavy atom. The first kappa shape index (κ1) is 15.0. The van der Waals surface area contributed by atoms with E-state index in [1.165, 1.54) is 0 Å². The van der Waals surface area contributed by atoms with Crippen molar-refractivity contribution in [3.8, 4) is 0 Å². The summed E-state index contributed by atoms with van der Waals surface area (Å²) in [5, 5.41) is 1.86. The van der Waals surface area contributed by atoms with Crippen LogP contribution in [0.15, 0.2) is 59.6 Å². The van der Waals surface area contributed by atoms with E-state index >= 15 is 0 Å². The van der Waals surface area contributed by atoms with Crippen molar-refractivity contribution in [2.75, 3.05) is 0 Å². The van der Waals surface area contributed by atoms with Crippen molar-refractivity contribution in [2.24, 2.45) is 0 Å². The second kappa shape index (κ2) is 5.71. The Balaban J connectivity index is 2.19.